The van der Waals surface area contributed by atoms with Crippen molar-refractivity contribution in [2.75, 3.05) is 6.61 Å². The second-order valence-electron chi connectivity index (χ2n) is 3.43. The van der Waals surface area contributed by atoms with E-state index in [9.17, 15) is 24.2 Å². The minimum Gasteiger partial charge on any atom is -0.388 e. The van der Waals surface area contributed by atoms with E-state index >= 15 is 0 Å². The largest absolute Gasteiger partial charge is 0.388 e. The van der Waals surface area contributed by atoms with Gasteiger partial charge in [-0.3, -0.25) is 14.3 Å². The van der Waals surface area contributed by atoms with Crippen molar-refractivity contribution < 1.29 is 19.3 Å². The number of halogens is 1. The van der Waals surface area contributed by atoms with Gasteiger partial charge >= 0.3 is 5.69 Å². The minimum atomic E-state index is -1.34. The Morgan fingerprint density at radius 2 is 2.19 bits per heavy atom. The average Bonchev–Trinajstić information content (AvgIpc) is 2.54. The molecule has 88 valence electrons. The van der Waals surface area contributed by atoms with Crippen LogP contribution in [0.5, 0.6) is 0 Å². The summed E-state index contributed by atoms with van der Waals surface area (Å²) in [6.45, 7) is -0.168. The third-order valence-electron chi connectivity index (χ3n) is 2.32. The van der Waals surface area contributed by atoms with Crippen molar-refractivity contribution in [1.82, 2.24) is 9.55 Å². The van der Waals surface area contributed by atoms with Crippen LogP contribution in [-0.2, 0) is 4.74 Å². The third kappa shape index (κ3) is 1.66. The molecule has 1 fully saturated rings. The van der Waals surface area contributed by atoms with E-state index in [1.165, 1.54) is 0 Å². The van der Waals surface area contributed by atoms with Gasteiger partial charge in [0.1, 0.15) is 12.2 Å². The molecular weight excluding hydrogens is 223 g/mol. The van der Waals surface area contributed by atoms with Crippen molar-refractivity contribution in [2.45, 2.75) is 18.4 Å². The Balaban J connectivity index is 2.45. The molecule has 0 radical (unpaired) electrons. The first kappa shape index (κ1) is 11.0. The van der Waals surface area contributed by atoms with Crippen molar-refractivity contribution in [2.24, 2.45) is 0 Å². The van der Waals surface area contributed by atoms with Crippen molar-refractivity contribution in [3.63, 3.8) is 0 Å². The van der Waals surface area contributed by atoms with Crippen LogP contribution in [0.15, 0.2) is 15.8 Å². The zero-order chi connectivity index (χ0) is 11.9. The normalized spacial score (nSPS) is 29.6. The molecule has 1 saturated heterocycles. The summed E-state index contributed by atoms with van der Waals surface area (Å²) in [6.07, 6.45) is -3.06. The predicted molar refractivity (Wildman–Crippen MR) is 48.3 cm³/mol. The number of H-pyrrole nitrogens is 1. The van der Waals surface area contributed by atoms with Crippen LogP contribution >= 0.6 is 0 Å². The SMILES string of the molecule is O=c1[nH]c(=O)n(C2OC[C@H](O)[C@@H]2O)cc1F. The smallest absolute Gasteiger partial charge is 0.330 e. The van der Waals surface area contributed by atoms with E-state index in [0.717, 1.165) is 0 Å². The van der Waals surface area contributed by atoms with Crippen LogP contribution < -0.4 is 11.2 Å². The number of aromatic nitrogens is 2. The zero-order valence-electron chi connectivity index (χ0n) is 7.96. The van der Waals surface area contributed by atoms with Gasteiger partial charge in [0.15, 0.2) is 6.23 Å². The Bertz CT molecular complexity index is 510. The first-order valence-corrected chi connectivity index (χ1v) is 4.49. The van der Waals surface area contributed by atoms with Crippen LogP contribution in [0.25, 0.3) is 0 Å². The lowest BCUT2D eigenvalue weighted by atomic mass is 10.2. The van der Waals surface area contributed by atoms with E-state index in [2.05, 4.69) is 0 Å². The van der Waals surface area contributed by atoms with E-state index in [4.69, 9.17) is 4.74 Å². The number of hydrogen-bond acceptors (Lipinski definition) is 5. The fourth-order valence-corrected chi connectivity index (χ4v) is 1.48. The summed E-state index contributed by atoms with van der Waals surface area (Å²) >= 11 is 0. The molecule has 1 aromatic rings. The molecule has 0 saturated carbocycles. The van der Waals surface area contributed by atoms with Crippen molar-refractivity contribution in [1.29, 1.82) is 0 Å². The summed E-state index contributed by atoms with van der Waals surface area (Å²) in [4.78, 5) is 23.8. The molecule has 7 nitrogen and oxygen atoms in total. The Labute approximate surface area is 87.7 Å². The molecule has 0 aromatic carbocycles. The van der Waals surface area contributed by atoms with Crippen molar-refractivity contribution >= 4 is 0 Å². The number of nitrogens with zero attached hydrogens (tertiary/aromatic N) is 1. The third-order valence-corrected chi connectivity index (χ3v) is 2.32. The van der Waals surface area contributed by atoms with Gasteiger partial charge in [0.05, 0.1) is 12.8 Å². The summed E-state index contributed by atoms with van der Waals surface area (Å²) in [5.41, 5.74) is -2.06. The molecule has 16 heavy (non-hydrogen) atoms. The first-order valence-electron chi connectivity index (χ1n) is 4.49. The molecule has 3 atom stereocenters. The fourth-order valence-electron chi connectivity index (χ4n) is 1.48. The second-order valence-corrected chi connectivity index (χ2v) is 3.43. The Kier molecular flexibility index (Phi) is 2.62. The number of hydrogen-bond donors (Lipinski definition) is 3. The van der Waals surface area contributed by atoms with Gasteiger partial charge in [0.2, 0.25) is 5.82 Å². The van der Waals surface area contributed by atoms with Crippen LogP contribution in [-0.4, -0.2) is 38.6 Å². The number of ether oxygens (including phenoxy) is 1. The maximum absolute atomic E-state index is 12.9. The van der Waals surface area contributed by atoms with E-state index in [-0.39, 0.29) is 6.61 Å². The highest BCUT2D eigenvalue weighted by Crippen LogP contribution is 2.22. The topological polar surface area (TPSA) is 105 Å². The summed E-state index contributed by atoms with van der Waals surface area (Å²) in [5.74, 6) is -1.17. The lowest BCUT2D eigenvalue weighted by molar-refractivity contribution is -0.0218. The van der Waals surface area contributed by atoms with Gasteiger partial charge in [0, 0.05) is 0 Å². The number of nitrogens with one attached hydrogen (secondary N) is 1. The minimum absolute atomic E-state index is 0.168. The lowest BCUT2D eigenvalue weighted by Crippen LogP contribution is -2.38. The molecule has 2 rings (SSSR count). The number of aliphatic hydroxyl groups is 2. The second kappa shape index (κ2) is 3.81. The van der Waals surface area contributed by atoms with Gasteiger partial charge in [-0.2, -0.15) is 4.39 Å². The highest BCUT2D eigenvalue weighted by atomic mass is 19.1. The van der Waals surface area contributed by atoms with E-state index in [0.29, 0.717) is 10.8 Å². The highest BCUT2D eigenvalue weighted by Gasteiger charge is 2.36. The van der Waals surface area contributed by atoms with Gasteiger partial charge in [-0.05, 0) is 0 Å². The zero-order valence-corrected chi connectivity index (χ0v) is 7.96. The van der Waals surface area contributed by atoms with Crippen LogP contribution in [0.1, 0.15) is 6.23 Å². The molecule has 2 heterocycles. The number of aromatic amines is 1. The monoisotopic (exact) mass is 232 g/mol. The maximum Gasteiger partial charge on any atom is 0.330 e. The van der Waals surface area contributed by atoms with E-state index < -0.39 is 35.5 Å². The Hall–Kier alpha value is -1.51. The molecule has 0 amide bonds. The van der Waals surface area contributed by atoms with Crippen LogP contribution in [0.4, 0.5) is 4.39 Å². The molecule has 3 N–H and O–H groups in total. The summed E-state index contributed by atoms with van der Waals surface area (Å²) in [7, 11) is 0. The molecule has 1 aliphatic rings. The summed E-state index contributed by atoms with van der Waals surface area (Å²) in [6, 6.07) is 0. The average molecular weight is 232 g/mol. The van der Waals surface area contributed by atoms with Crippen molar-refractivity contribution in [3.8, 4) is 0 Å². The fraction of sp³-hybridized carbons (Fsp3) is 0.500. The summed E-state index contributed by atoms with van der Waals surface area (Å²) < 4.78 is 18.5. The maximum atomic E-state index is 12.9. The molecule has 1 unspecified atom stereocenters. The first-order chi connectivity index (χ1) is 7.50. The lowest BCUT2D eigenvalue weighted by Gasteiger charge is -2.16. The van der Waals surface area contributed by atoms with E-state index in [1.54, 1.807) is 4.98 Å². The number of rotatable bonds is 1. The van der Waals surface area contributed by atoms with Gasteiger partial charge in [0.25, 0.3) is 5.56 Å². The molecule has 0 spiro atoms. The van der Waals surface area contributed by atoms with E-state index in [1.807, 2.05) is 0 Å². The molecular formula is C8H9FN2O5. The molecule has 1 aromatic heterocycles. The van der Waals surface area contributed by atoms with Gasteiger partial charge in [-0.15, -0.1) is 0 Å². The van der Waals surface area contributed by atoms with Gasteiger partial charge in [-0.25, -0.2) is 4.79 Å². The van der Waals surface area contributed by atoms with Gasteiger partial charge in [-0.1, -0.05) is 0 Å². The molecule has 0 bridgehead atoms. The molecule has 8 heteroatoms. The molecule has 0 aliphatic carbocycles. The quantitative estimate of drug-likeness (QED) is 0.515. The van der Waals surface area contributed by atoms with Crippen LogP contribution in [0.3, 0.4) is 0 Å². The molecule has 1 aliphatic heterocycles. The predicted octanol–water partition coefficient (Wildman–Crippen LogP) is -2.07. The highest BCUT2D eigenvalue weighted by molar-refractivity contribution is 4.91. The van der Waals surface area contributed by atoms with Crippen LogP contribution in [0.2, 0.25) is 0 Å². The standard InChI is InChI=1S/C8H9FN2O5/c9-3-1-11(8(15)10-6(3)14)7-5(13)4(12)2-16-7/h1,4-5,7,12-13H,2H2,(H,10,14,15)/t4-,5-,7?/m0/s1. The van der Waals surface area contributed by atoms with Crippen molar-refractivity contribution in [3.05, 3.63) is 32.9 Å². The Morgan fingerprint density at radius 3 is 2.75 bits per heavy atom. The van der Waals surface area contributed by atoms with Crippen LogP contribution in [0, 0.1) is 5.82 Å². The summed E-state index contributed by atoms with van der Waals surface area (Å²) in [5, 5.41) is 18.6. The number of aliphatic hydroxyl groups excluding tert-OH is 2. The Morgan fingerprint density at radius 1 is 1.50 bits per heavy atom. The van der Waals surface area contributed by atoms with Gasteiger partial charge < -0.3 is 14.9 Å².